The van der Waals surface area contributed by atoms with Crippen molar-refractivity contribution < 1.29 is 14.3 Å². The van der Waals surface area contributed by atoms with Gasteiger partial charge in [-0.25, -0.2) is 0 Å². The van der Waals surface area contributed by atoms with Gasteiger partial charge < -0.3 is 10.0 Å². The molecule has 0 fully saturated rings. The summed E-state index contributed by atoms with van der Waals surface area (Å²) in [6, 6.07) is 6.42. The molecule has 1 aromatic rings. The van der Waals surface area contributed by atoms with Crippen molar-refractivity contribution in [2.45, 2.75) is 11.8 Å². The van der Waals surface area contributed by atoms with Gasteiger partial charge in [0.05, 0.1) is 10.8 Å². The largest absolute Gasteiger partial charge is 0.488 e. The zero-order valence-electron chi connectivity index (χ0n) is 7.30. The van der Waals surface area contributed by atoms with Crippen LogP contribution in [0.2, 0.25) is 0 Å². The van der Waals surface area contributed by atoms with Gasteiger partial charge in [-0.1, -0.05) is 19.1 Å². The van der Waals surface area contributed by atoms with Crippen molar-refractivity contribution in [2.24, 2.45) is 0 Å². The fraction of sp³-hybridized carbons (Fsp3) is 0.250. The zero-order chi connectivity index (χ0) is 9.84. The lowest BCUT2D eigenvalue weighted by atomic mass is 9.81. The molecule has 13 heavy (non-hydrogen) atoms. The van der Waals surface area contributed by atoms with E-state index in [-0.39, 0.29) is 0 Å². The van der Waals surface area contributed by atoms with Gasteiger partial charge in [-0.2, -0.15) is 0 Å². The summed E-state index contributed by atoms with van der Waals surface area (Å²) in [6.45, 7) is 1.84. The van der Waals surface area contributed by atoms with Crippen molar-refractivity contribution in [1.82, 2.24) is 0 Å². The molecule has 1 rings (SSSR count). The minimum atomic E-state index is -1.45. The van der Waals surface area contributed by atoms with Gasteiger partial charge in [0.2, 0.25) is 0 Å². The molecule has 0 aliphatic rings. The molecule has 0 saturated heterocycles. The van der Waals surface area contributed by atoms with E-state index in [0.29, 0.717) is 16.1 Å². The third-order valence-electron chi connectivity index (χ3n) is 1.70. The lowest BCUT2D eigenvalue weighted by Gasteiger charge is -2.01. The molecule has 3 nitrogen and oxygen atoms in total. The fourth-order valence-electron chi connectivity index (χ4n) is 0.958. The van der Waals surface area contributed by atoms with Gasteiger partial charge in [-0.15, -0.1) is 0 Å². The SMILES string of the molecule is CCS(=O)c1ccc(B(O)O)cc1. The highest BCUT2D eigenvalue weighted by atomic mass is 32.2. The first-order valence-electron chi connectivity index (χ1n) is 3.99. The van der Waals surface area contributed by atoms with Crippen LogP contribution in [0, 0.1) is 0 Å². The highest BCUT2D eigenvalue weighted by Crippen LogP contribution is 2.03. The summed E-state index contributed by atoms with van der Waals surface area (Å²) in [5.74, 6) is 0.570. The highest BCUT2D eigenvalue weighted by molar-refractivity contribution is 7.85. The topological polar surface area (TPSA) is 57.5 Å². The summed E-state index contributed by atoms with van der Waals surface area (Å²) in [7, 11) is -2.43. The molecular weight excluding hydrogens is 187 g/mol. The zero-order valence-corrected chi connectivity index (χ0v) is 8.12. The van der Waals surface area contributed by atoms with Crippen molar-refractivity contribution in [3.63, 3.8) is 0 Å². The molecule has 0 aromatic heterocycles. The molecule has 1 aromatic carbocycles. The molecule has 0 saturated carbocycles. The van der Waals surface area contributed by atoms with Crippen LogP contribution in [0.5, 0.6) is 0 Å². The monoisotopic (exact) mass is 198 g/mol. The Bertz CT molecular complexity index is 297. The van der Waals surface area contributed by atoms with E-state index in [1.165, 1.54) is 0 Å². The number of hydrogen-bond acceptors (Lipinski definition) is 3. The van der Waals surface area contributed by atoms with Gasteiger partial charge in [0.1, 0.15) is 0 Å². The smallest absolute Gasteiger partial charge is 0.423 e. The van der Waals surface area contributed by atoms with Gasteiger partial charge in [-0.05, 0) is 17.6 Å². The van der Waals surface area contributed by atoms with Crippen LogP contribution in [0.15, 0.2) is 29.2 Å². The van der Waals surface area contributed by atoms with E-state index in [1.54, 1.807) is 24.3 Å². The van der Waals surface area contributed by atoms with Crippen molar-refractivity contribution in [1.29, 1.82) is 0 Å². The van der Waals surface area contributed by atoms with Crippen LogP contribution in [-0.4, -0.2) is 27.1 Å². The average Bonchev–Trinajstić information content (AvgIpc) is 2.17. The summed E-state index contributed by atoms with van der Waals surface area (Å²) < 4.78 is 11.3. The van der Waals surface area contributed by atoms with Gasteiger partial charge in [-0.3, -0.25) is 4.21 Å². The Hall–Kier alpha value is -0.645. The molecule has 70 valence electrons. The molecule has 2 N–H and O–H groups in total. The van der Waals surface area contributed by atoms with Gasteiger partial charge in [0.15, 0.2) is 0 Å². The number of hydrogen-bond donors (Lipinski definition) is 2. The van der Waals surface area contributed by atoms with Crippen LogP contribution in [-0.2, 0) is 10.8 Å². The molecule has 0 aliphatic heterocycles. The van der Waals surface area contributed by atoms with Crippen LogP contribution >= 0.6 is 0 Å². The van der Waals surface area contributed by atoms with E-state index in [4.69, 9.17) is 10.0 Å². The molecule has 1 atom stereocenters. The van der Waals surface area contributed by atoms with Crippen molar-refractivity contribution in [2.75, 3.05) is 5.75 Å². The molecule has 0 amide bonds. The molecular formula is C8H11BO3S. The van der Waals surface area contributed by atoms with Gasteiger partial charge in [0, 0.05) is 10.6 Å². The second kappa shape index (κ2) is 4.55. The van der Waals surface area contributed by atoms with Crippen LogP contribution in [0.3, 0.4) is 0 Å². The van der Waals surface area contributed by atoms with Crippen molar-refractivity contribution in [3.05, 3.63) is 24.3 Å². The third-order valence-corrected chi connectivity index (χ3v) is 3.03. The second-order valence-electron chi connectivity index (χ2n) is 2.58. The molecule has 0 spiro atoms. The van der Waals surface area contributed by atoms with Crippen LogP contribution in [0.1, 0.15) is 6.92 Å². The van der Waals surface area contributed by atoms with Crippen molar-refractivity contribution in [3.8, 4) is 0 Å². The summed E-state index contributed by atoms with van der Waals surface area (Å²) in [6.07, 6.45) is 0. The summed E-state index contributed by atoms with van der Waals surface area (Å²) >= 11 is 0. The predicted octanol–water partition coefficient (Wildman–Crippen LogP) is -0.506. The lowest BCUT2D eigenvalue weighted by molar-refractivity contribution is 0.425. The number of rotatable bonds is 3. The minimum absolute atomic E-state index is 0.414. The Morgan fingerprint density at radius 3 is 2.23 bits per heavy atom. The summed E-state index contributed by atoms with van der Waals surface area (Å²) in [5.41, 5.74) is 0.414. The highest BCUT2D eigenvalue weighted by Gasteiger charge is 2.10. The van der Waals surface area contributed by atoms with Gasteiger partial charge in [0.25, 0.3) is 0 Å². The van der Waals surface area contributed by atoms with E-state index in [0.717, 1.165) is 0 Å². The second-order valence-corrected chi connectivity index (χ2v) is 4.32. The first-order valence-corrected chi connectivity index (χ1v) is 5.31. The Morgan fingerprint density at radius 2 is 1.85 bits per heavy atom. The van der Waals surface area contributed by atoms with Crippen molar-refractivity contribution >= 4 is 23.4 Å². The van der Waals surface area contributed by atoms with E-state index in [9.17, 15) is 4.21 Å². The Kier molecular flexibility index (Phi) is 3.65. The third kappa shape index (κ3) is 2.65. The summed E-state index contributed by atoms with van der Waals surface area (Å²) in [5, 5.41) is 17.6. The normalized spacial score (nSPS) is 12.5. The fourth-order valence-corrected chi connectivity index (χ4v) is 1.73. The molecule has 0 radical (unpaired) electrons. The quantitative estimate of drug-likeness (QED) is 0.643. The molecule has 0 bridgehead atoms. The number of benzene rings is 1. The van der Waals surface area contributed by atoms with Crippen LogP contribution in [0.25, 0.3) is 0 Å². The summed E-state index contributed by atoms with van der Waals surface area (Å²) in [4.78, 5) is 0.715. The van der Waals surface area contributed by atoms with E-state index < -0.39 is 17.9 Å². The maximum absolute atomic E-state index is 11.3. The first-order chi connectivity index (χ1) is 6.15. The van der Waals surface area contributed by atoms with Gasteiger partial charge >= 0.3 is 7.12 Å². The Balaban J connectivity index is 2.87. The Labute approximate surface area is 80.0 Å². The Morgan fingerprint density at radius 1 is 1.31 bits per heavy atom. The van der Waals surface area contributed by atoms with E-state index in [2.05, 4.69) is 0 Å². The standard InChI is InChI=1S/C8H11BO3S/c1-2-13(12)8-5-3-7(4-6-8)9(10)11/h3-6,10-11H,2H2,1H3. The molecule has 1 unspecified atom stereocenters. The molecule has 0 aliphatic carbocycles. The maximum atomic E-state index is 11.3. The van der Waals surface area contributed by atoms with E-state index >= 15 is 0 Å². The molecule has 5 heteroatoms. The van der Waals surface area contributed by atoms with Crippen LogP contribution < -0.4 is 5.46 Å². The predicted molar refractivity (Wildman–Crippen MR) is 53.2 cm³/mol. The maximum Gasteiger partial charge on any atom is 0.488 e. The van der Waals surface area contributed by atoms with Crippen LogP contribution in [0.4, 0.5) is 0 Å². The lowest BCUT2D eigenvalue weighted by Crippen LogP contribution is -2.29. The molecule has 0 heterocycles. The van der Waals surface area contributed by atoms with E-state index in [1.807, 2.05) is 6.92 Å². The first kappa shape index (κ1) is 10.4. The minimum Gasteiger partial charge on any atom is -0.423 e. The average molecular weight is 198 g/mol.